The highest BCUT2D eigenvalue weighted by Gasteiger charge is 2.28. The molecule has 0 saturated carbocycles. The fraction of sp³-hybridized carbons (Fsp3) is 0.200. The minimum atomic E-state index is -4.33. The number of alkyl halides is 3. The molecule has 0 N–H and O–H groups in total. The SMILES string of the molecule is C=Cc1cccc(OCC(F)(F)F)c1Br. The number of halogens is 4. The van der Waals surface area contributed by atoms with Gasteiger partial charge in [-0.1, -0.05) is 24.8 Å². The highest BCUT2D eigenvalue weighted by molar-refractivity contribution is 9.10. The van der Waals surface area contributed by atoms with E-state index in [9.17, 15) is 13.2 Å². The Kier molecular flexibility index (Phi) is 3.79. The Bertz CT molecular complexity index is 360. The molecule has 1 aromatic carbocycles. The molecule has 0 heterocycles. The number of rotatable bonds is 3. The fourth-order valence-electron chi connectivity index (χ4n) is 0.956. The van der Waals surface area contributed by atoms with Crippen molar-refractivity contribution in [3.05, 3.63) is 34.8 Å². The summed E-state index contributed by atoms with van der Waals surface area (Å²) in [5.74, 6) is 0.157. The molecule has 5 heteroatoms. The van der Waals surface area contributed by atoms with E-state index in [2.05, 4.69) is 27.2 Å². The maximum atomic E-state index is 11.9. The largest absolute Gasteiger partial charge is 0.483 e. The molecule has 0 saturated heterocycles. The number of benzene rings is 1. The van der Waals surface area contributed by atoms with Gasteiger partial charge in [0.2, 0.25) is 0 Å². The molecular weight excluding hydrogens is 273 g/mol. The van der Waals surface area contributed by atoms with Crippen molar-refractivity contribution in [2.75, 3.05) is 6.61 Å². The summed E-state index contributed by atoms with van der Waals surface area (Å²) in [6, 6.07) is 4.79. The van der Waals surface area contributed by atoms with Crippen LogP contribution in [0.3, 0.4) is 0 Å². The van der Waals surface area contributed by atoms with Gasteiger partial charge >= 0.3 is 6.18 Å². The predicted octanol–water partition coefficient (Wildman–Crippen LogP) is 4.03. The van der Waals surface area contributed by atoms with Gasteiger partial charge in [-0.15, -0.1) is 0 Å². The lowest BCUT2D eigenvalue weighted by molar-refractivity contribution is -0.153. The van der Waals surface area contributed by atoms with Gasteiger partial charge in [0.05, 0.1) is 4.47 Å². The second-order valence-electron chi connectivity index (χ2n) is 2.77. The van der Waals surface area contributed by atoms with Crippen LogP contribution >= 0.6 is 15.9 Å². The van der Waals surface area contributed by atoms with Gasteiger partial charge in [-0.2, -0.15) is 13.2 Å². The van der Waals surface area contributed by atoms with Crippen LogP contribution < -0.4 is 4.74 Å². The maximum Gasteiger partial charge on any atom is 0.422 e. The zero-order valence-electron chi connectivity index (χ0n) is 7.64. The summed E-state index contributed by atoms with van der Waals surface area (Å²) >= 11 is 3.15. The smallest absolute Gasteiger partial charge is 0.422 e. The second kappa shape index (κ2) is 4.70. The first-order valence-corrected chi connectivity index (χ1v) is 4.84. The Morgan fingerprint density at radius 1 is 1.40 bits per heavy atom. The molecule has 0 radical (unpaired) electrons. The maximum absolute atomic E-state index is 11.9. The van der Waals surface area contributed by atoms with Gasteiger partial charge in [0.15, 0.2) is 6.61 Å². The summed E-state index contributed by atoms with van der Waals surface area (Å²) in [4.78, 5) is 0. The van der Waals surface area contributed by atoms with Crippen molar-refractivity contribution in [2.24, 2.45) is 0 Å². The first kappa shape index (κ1) is 12.1. The van der Waals surface area contributed by atoms with Gasteiger partial charge < -0.3 is 4.74 Å². The third-order valence-electron chi connectivity index (χ3n) is 1.60. The normalized spacial score (nSPS) is 11.2. The lowest BCUT2D eigenvalue weighted by Gasteiger charge is -2.11. The third-order valence-corrected chi connectivity index (χ3v) is 2.45. The molecule has 15 heavy (non-hydrogen) atoms. The Labute approximate surface area is 93.7 Å². The van der Waals surface area contributed by atoms with Crippen LogP contribution in [0.15, 0.2) is 29.3 Å². The summed E-state index contributed by atoms with van der Waals surface area (Å²) < 4.78 is 40.8. The highest BCUT2D eigenvalue weighted by atomic mass is 79.9. The standard InChI is InChI=1S/C10H8BrF3O/c1-2-7-4-3-5-8(9(7)11)15-6-10(12,13)14/h2-5H,1,6H2. The zero-order chi connectivity index (χ0) is 11.5. The van der Waals surface area contributed by atoms with Crippen LogP contribution in [-0.4, -0.2) is 12.8 Å². The predicted molar refractivity (Wildman–Crippen MR) is 55.8 cm³/mol. The lowest BCUT2D eigenvalue weighted by Crippen LogP contribution is -2.19. The molecule has 0 aliphatic heterocycles. The molecule has 0 aromatic heterocycles. The van der Waals surface area contributed by atoms with Gasteiger partial charge in [0, 0.05) is 0 Å². The van der Waals surface area contributed by atoms with E-state index in [1.807, 2.05) is 0 Å². The van der Waals surface area contributed by atoms with Crippen molar-refractivity contribution in [1.82, 2.24) is 0 Å². The van der Waals surface area contributed by atoms with Gasteiger partial charge in [0.1, 0.15) is 5.75 Å². The molecule has 0 aliphatic carbocycles. The average molecular weight is 281 g/mol. The van der Waals surface area contributed by atoms with Crippen LogP contribution in [0.5, 0.6) is 5.75 Å². The lowest BCUT2D eigenvalue weighted by atomic mass is 10.2. The Hall–Kier alpha value is -0.970. The summed E-state index contributed by atoms with van der Waals surface area (Å²) in [5, 5.41) is 0. The van der Waals surface area contributed by atoms with E-state index in [1.54, 1.807) is 12.1 Å². The van der Waals surface area contributed by atoms with Crippen LogP contribution in [0, 0.1) is 0 Å². The molecular formula is C10H8BrF3O. The molecule has 0 spiro atoms. The number of hydrogen-bond acceptors (Lipinski definition) is 1. The average Bonchev–Trinajstić information content (AvgIpc) is 2.15. The van der Waals surface area contributed by atoms with Gasteiger partial charge in [-0.25, -0.2) is 0 Å². The molecule has 0 unspecified atom stereocenters. The molecule has 0 fully saturated rings. The van der Waals surface area contributed by atoms with Crippen molar-refractivity contribution in [2.45, 2.75) is 6.18 Å². The fourth-order valence-corrected chi connectivity index (χ4v) is 1.50. The van der Waals surface area contributed by atoms with Gasteiger partial charge in [0.25, 0.3) is 0 Å². The first-order chi connectivity index (χ1) is 6.94. The molecule has 1 aromatic rings. The number of ether oxygens (including phenoxy) is 1. The summed E-state index contributed by atoms with van der Waals surface area (Å²) in [5.41, 5.74) is 0.690. The quantitative estimate of drug-likeness (QED) is 0.812. The van der Waals surface area contributed by atoms with E-state index in [0.717, 1.165) is 0 Å². The van der Waals surface area contributed by atoms with Gasteiger partial charge in [-0.05, 0) is 27.6 Å². The molecule has 1 nitrogen and oxygen atoms in total. The Morgan fingerprint density at radius 2 is 2.07 bits per heavy atom. The summed E-state index contributed by atoms with van der Waals surface area (Å²) in [6.45, 7) is 2.23. The molecule has 0 bridgehead atoms. The van der Waals surface area contributed by atoms with Crippen LogP contribution in [0.2, 0.25) is 0 Å². The third kappa shape index (κ3) is 3.58. The van der Waals surface area contributed by atoms with Crippen LogP contribution in [0.1, 0.15) is 5.56 Å². The first-order valence-electron chi connectivity index (χ1n) is 4.04. The monoisotopic (exact) mass is 280 g/mol. The van der Waals surface area contributed by atoms with E-state index in [1.165, 1.54) is 12.1 Å². The van der Waals surface area contributed by atoms with Crippen molar-refractivity contribution in [3.63, 3.8) is 0 Å². The molecule has 1 rings (SSSR count). The molecule has 82 valence electrons. The zero-order valence-corrected chi connectivity index (χ0v) is 9.23. The topological polar surface area (TPSA) is 9.23 Å². The van der Waals surface area contributed by atoms with Crippen molar-refractivity contribution < 1.29 is 17.9 Å². The number of hydrogen-bond donors (Lipinski definition) is 0. The van der Waals surface area contributed by atoms with Gasteiger partial charge in [-0.3, -0.25) is 0 Å². The molecule has 0 aliphatic rings. The van der Waals surface area contributed by atoms with Crippen LogP contribution in [0.4, 0.5) is 13.2 Å². The van der Waals surface area contributed by atoms with E-state index < -0.39 is 12.8 Å². The summed E-state index contributed by atoms with van der Waals surface area (Å²) in [6.07, 6.45) is -2.80. The van der Waals surface area contributed by atoms with E-state index in [0.29, 0.717) is 10.0 Å². The Balaban J connectivity index is 2.82. The van der Waals surface area contributed by atoms with Crippen molar-refractivity contribution >= 4 is 22.0 Å². The second-order valence-corrected chi connectivity index (χ2v) is 3.56. The van der Waals surface area contributed by atoms with Crippen molar-refractivity contribution in [1.29, 1.82) is 0 Å². The molecule has 0 amide bonds. The minimum Gasteiger partial charge on any atom is -0.483 e. The van der Waals surface area contributed by atoms with E-state index >= 15 is 0 Å². The van der Waals surface area contributed by atoms with Crippen LogP contribution in [-0.2, 0) is 0 Å². The van der Waals surface area contributed by atoms with E-state index in [4.69, 9.17) is 0 Å². The Morgan fingerprint density at radius 3 is 2.60 bits per heavy atom. The minimum absolute atomic E-state index is 0.157. The highest BCUT2D eigenvalue weighted by Crippen LogP contribution is 2.30. The molecule has 0 atom stereocenters. The summed E-state index contributed by atoms with van der Waals surface area (Å²) in [7, 11) is 0. The van der Waals surface area contributed by atoms with Crippen LogP contribution in [0.25, 0.3) is 6.08 Å². The van der Waals surface area contributed by atoms with Crippen molar-refractivity contribution in [3.8, 4) is 5.75 Å². The van der Waals surface area contributed by atoms with E-state index in [-0.39, 0.29) is 5.75 Å².